The van der Waals surface area contributed by atoms with Crippen LogP contribution in [0.2, 0.25) is 0 Å². The highest BCUT2D eigenvalue weighted by Crippen LogP contribution is 2.11. The summed E-state index contributed by atoms with van der Waals surface area (Å²) in [7, 11) is 0. The van der Waals surface area contributed by atoms with Crippen molar-refractivity contribution in [1.29, 1.82) is 0 Å². The fraction of sp³-hybridized carbons (Fsp3) is 0.667. The number of morpholine rings is 1. The van der Waals surface area contributed by atoms with Gasteiger partial charge in [-0.3, -0.25) is 0 Å². The number of furan rings is 1. The summed E-state index contributed by atoms with van der Waals surface area (Å²) < 4.78 is 16.1. The first-order chi connectivity index (χ1) is 10.2. The summed E-state index contributed by atoms with van der Waals surface area (Å²) in [6.45, 7) is 6.89. The molecule has 2 atom stereocenters. The highest BCUT2D eigenvalue weighted by atomic mass is 16.5. The molecule has 1 aliphatic heterocycles. The number of ether oxygens (including phenoxy) is 2. The Kier molecular flexibility index (Phi) is 6.07. The number of rotatable bonds is 6. The number of hydrogen-bond acceptors (Lipinski definition) is 4. The van der Waals surface area contributed by atoms with Crippen molar-refractivity contribution in [2.45, 2.75) is 39.0 Å². The zero-order valence-corrected chi connectivity index (χ0v) is 12.7. The van der Waals surface area contributed by atoms with Gasteiger partial charge in [-0.15, -0.1) is 0 Å². The Hall–Kier alpha value is -1.53. The van der Waals surface area contributed by atoms with Gasteiger partial charge in [0.15, 0.2) is 0 Å². The van der Waals surface area contributed by atoms with E-state index in [1.54, 1.807) is 6.26 Å². The summed E-state index contributed by atoms with van der Waals surface area (Å²) >= 11 is 0. The summed E-state index contributed by atoms with van der Waals surface area (Å²) in [6, 6.07) is 3.81. The van der Waals surface area contributed by atoms with Crippen LogP contribution in [0.15, 0.2) is 22.8 Å². The largest absolute Gasteiger partial charge is 0.467 e. The van der Waals surface area contributed by atoms with Gasteiger partial charge in [0, 0.05) is 19.7 Å². The van der Waals surface area contributed by atoms with Crippen LogP contribution in [0.25, 0.3) is 0 Å². The van der Waals surface area contributed by atoms with Crippen LogP contribution in [0.3, 0.4) is 0 Å². The van der Waals surface area contributed by atoms with Crippen LogP contribution in [0.1, 0.15) is 26.0 Å². The quantitative estimate of drug-likeness (QED) is 0.816. The van der Waals surface area contributed by atoms with Crippen molar-refractivity contribution in [1.82, 2.24) is 10.2 Å². The number of amides is 2. The molecule has 1 aromatic heterocycles. The molecule has 118 valence electrons. The number of urea groups is 1. The lowest BCUT2D eigenvalue weighted by Gasteiger charge is -2.36. The van der Waals surface area contributed by atoms with Crippen LogP contribution in [0.5, 0.6) is 0 Å². The molecule has 6 nitrogen and oxygen atoms in total. The molecule has 1 aliphatic rings. The van der Waals surface area contributed by atoms with Crippen molar-refractivity contribution < 1.29 is 18.7 Å². The smallest absolute Gasteiger partial charge is 0.317 e. The van der Waals surface area contributed by atoms with Gasteiger partial charge in [0.1, 0.15) is 12.4 Å². The van der Waals surface area contributed by atoms with Gasteiger partial charge >= 0.3 is 6.03 Å². The molecule has 1 aromatic rings. The second kappa shape index (κ2) is 8.05. The fourth-order valence-corrected chi connectivity index (χ4v) is 2.22. The van der Waals surface area contributed by atoms with Gasteiger partial charge in [-0.05, 0) is 32.4 Å². The molecule has 6 heteroatoms. The van der Waals surface area contributed by atoms with E-state index in [1.165, 1.54) is 0 Å². The van der Waals surface area contributed by atoms with E-state index >= 15 is 0 Å². The molecule has 0 aromatic carbocycles. The molecule has 1 fully saturated rings. The SMILES string of the molecule is CC1CN(C(=O)NCCCOCc2ccco2)C(C)CO1. The van der Waals surface area contributed by atoms with Crippen molar-refractivity contribution in [3.63, 3.8) is 0 Å². The van der Waals surface area contributed by atoms with Gasteiger partial charge in [0.2, 0.25) is 0 Å². The molecular weight excluding hydrogens is 272 g/mol. The number of hydrogen-bond donors (Lipinski definition) is 1. The van der Waals surface area contributed by atoms with E-state index < -0.39 is 0 Å². The number of nitrogens with one attached hydrogen (secondary N) is 1. The Morgan fingerprint density at radius 3 is 3.14 bits per heavy atom. The van der Waals surface area contributed by atoms with E-state index in [0.29, 0.717) is 32.9 Å². The fourth-order valence-electron chi connectivity index (χ4n) is 2.22. The van der Waals surface area contributed by atoms with E-state index in [9.17, 15) is 4.79 Å². The van der Waals surface area contributed by atoms with Crippen LogP contribution in [-0.2, 0) is 16.1 Å². The van der Waals surface area contributed by atoms with Crippen LogP contribution in [-0.4, -0.2) is 49.4 Å². The Bertz CT molecular complexity index is 421. The first-order valence-corrected chi connectivity index (χ1v) is 7.43. The summed E-state index contributed by atoms with van der Waals surface area (Å²) in [6.07, 6.45) is 2.51. The summed E-state index contributed by atoms with van der Waals surface area (Å²) in [5.74, 6) is 0.815. The van der Waals surface area contributed by atoms with Gasteiger partial charge in [0.25, 0.3) is 0 Å². The van der Waals surface area contributed by atoms with Crippen molar-refractivity contribution in [2.24, 2.45) is 0 Å². The monoisotopic (exact) mass is 296 g/mol. The molecular formula is C15H24N2O4. The summed E-state index contributed by atoms with van der Waals surface area (Å²) in [5, 5.41) is 2.93. The zero-order valence-electron chi connectivity index (χ0n) is 12.7. The summed E-state index contributed by atoms with van der Waals surface area (Å²) in [5.41, 5.74) is 0. The Balaban J connectivity index is 1.56. The van der Waals surface area contributed by atoms with Gasteiger partial charge in [-0.2, -0.15) is 0 Å². The average molecular weight is 296 g/mol. The van der Waals surface area contributed by atoms with Crippen LogP contribution >= 0.6 is 0 Å². The van der Waals surface area contributed by atoms with Gasteiger partial charge < -0.3 is 24.1 Å². The van der Waals surface area contributed by atoms with E-state index in [4.69, 9.17) is 13.9 Å². The topological polar surface area (TPSA) is 63.9 Å². The number of carbonyl (C=O) groups excluding carboxylic acids is 1. The second-order valence-corrected chi connectivity index (χ2v) is 5.36. The third kappa shape index (κ3) is 5.06. The standard InChI is InChI=1S/C15H24N2O4/c1-12-10-21-13(2)9-17(12)15(18)16-6-4-7-19-11-14-5-3-8-20-14/h3,5,8,12-13H,4,6-7,9-11H2,1-2H3,(H,16,18). The predicted octanol–water partition coefficient (Wildman–Crippen LogP) is 2.01. The molecule has 2 amide bonds. The van der Waals surface area contributed by atoms with Crippen molar-refractivity contribution >= 4 is 6.03 Å². The number of nitrogens with zero attached hydrogens (tertiary/aromatic N) is 1. The van der Waals surface area contributed by atoms with Crippen molar-refractivity contribution in [3.05, 3.63) is 24.2 Å². The molecule has 2 rings (SSSR count). The van der Waals surface area contributed by atoms with Gasteiger partial charge in [0.05, 0.1) is 25.0 Å². The minimum Gasteiger partial charge on any atom is -0.467 e. The molecule has 0 aliphatic carbocycles. The van der Waals surface area contributed by atoms with Crippen LogP contribution in [0.4, 0.5) is 4.79 Å². The number of carbonyl (C=O) groups is 1. The van der Waals surface area contributed by atoms with E-state index in [0.717, 1.165) is 12.2 Å². The Labute approximate surface area is 125 Å². The molecule has 2 heterocycles. The maximum Gasteiger partial charge on any atom is 0.317 e. The molecule has 1 saturated heterocycles. The summed E-state index contributed by atoms with van der Waals surface area (Å²) in [4.78, 5) is 13.9. The third-order valence-corrected chi connectivity index (χ3v) is 3.43. The first kappa shape index (κ1) is 15.9. The molecule has 0 saturated carbocycles. The maximum atomic E-state index is 12.1. The molecule has 0 bridgehead atoms. The lowest BCUT2D eigenvalue weighted by atomic mass is 10.2. The van der Waals surface area contributed by atoms with Gasteiger partial charge in [-0.25, -0.2) is 4.79 Å². The maximum absolute atomic E-state index is 12.1. The van der Waals surface area contributed by atoms with Crippen molar-refractivity contribution in [2.75, 3.05) is 26.3 Å². The highest BCUT2D eigenvalue weighted by molar-refractivity contribution is 5.74. The molecule has 0 spiro atoms. The second-order valence-electron chi connectivity index (χ2n) is 5.36. The van der Waals surface area contributed by atoms with E-state index in [1.807, 2.05) is 30.9 Å². The Morgan fingerprint density at radius 1 is 1.52 bits per heavy atom. The van der Waals surface area contributed by atoms with Crippen LogP contribution < -0.4 is 5.32 Å². The molecule has 2 unspecified atom stereocenters. The van der Waals surface area contributed by atoms with E-state index in [2.05, 4.69) is 5.32 Å². The van der Waals surface area contributed by atoms with Crippen LogP contribution in [0, 0.1) is 0 Å². The van der Waals surface area contributed by atoms with Gasteiger partial charge in [-0.1, -0.05) is 0 Å². The normalized spacial score (nSPS) is 22.3. The minimum atomic E-state index is -0.0244. The lowest BCUT2D eigenvalue weighted by Crippen LogP contribution is -2.53. The highest BCUT2D eigenvalue weighted by Gasteiger charge is 2.26. The first-order valence-electron chi connectivity index (χ1n) is 7.43. The molecule has 21 heavy (non-hydrogen) atoms. The Morgan fingerprint density at radius 2 is 2.38 bits per heavy atom. The van der Waals surface area contributed by atoms with E-state index in [-0.39, 0.29) is 18.2 Å². The predicted molar refractivity (Wildman–Crippen MR) is 78.0 cm³/mol. The lowest BCUT2D eigenvalue weighted by molar-refractivity contribution is -0.0318. The molecule has 0 radical (unpaired) electrons. The minimum absolute atomic E-state index is 0.0244. The average Bonchev–Trinajstić information content (AvgIpc) is 2.98. The van der Waals surface area contributed by atoms with Crippen molar-refractivity contribution in [3.8, 4) is 0 Å². The molecule has 1 N–H and O–H groups in total. The zero-order chi connectivity index (χ0) is 15.1. The third-order valence-electron chi connectivity index (χ3n) is 3.43.